The van der Waals surface area contributed by atoms with Crippen LogP contribution in [0.2, 0.25) is 19.6 Å². The van der Waals surface area contributed by atoms with Crippen LogP contribution in [-0.2, 0) is 4.43 Å². The van der Waals surface area contributed by atoms with E-state index in [0.29, 0.717) is 0 Å². The van der Waals surface area contributed by atoms with Gasteiger partial charge in [0.25, 0.3) is 0 Å². The number of aryl methyl sites for hydroxylation is 1. The van der Waals surface area contributed by atoms with Gasteiger partial charge in [-0.3, -0.25) is 0 Å². The molecule has 17 heavy (non-hydrogen) atoms. The second kappa shape index (κ2) is 6.22. The maximum Gasteiger partial charge on any atom is 0.183 e. The second-order valence-electron chi connectivity index (χ2n) is 5.38. The molecule has 0 amide bonds. The number of likely N-dealkylation sites (N-methyl/N-ethyl adjacent to an activating group) is 1. The molecule has 3 heteroatoms. The maximum absolute atomic E-state index is 5.91. The van der Waals surface area contributed by atoms with Crippen molar-refractivity contribution in [2.24, 2.45) is 0 Å². The van der Waals surface area contributed by atoms with Crippen molar-refractivity contribution in [1.29, 1.82) is 0 Å². The molecule has 0 aromatic heterocycles. The molecule has 1 aromatic rings. The van der Waals surface area contributed by atoms with Crippen LogP contribution < -0.4 is 4.90 Å². The molecule has 1 aromatic carbocycles. The molecule has 0 aliphatic rings. The summed E-state index contributed by atoms with van der Waals surface area (Å²) in [5.41, 5.74) is 2.61. The average Bonchev–Trinajstić information content (AvgIpc) is 2.23. The van der Waals surface area contributed by atoms with E-state index in [4.69, 9.17) is 4.43 Å². The van der Waals surface area contributed by atoms with Crippen molar-refractivity contribution >= 4 is 14.0 Å². The minimum absolute atomic E-state index is 0.831. The molecule has 0 spiro atoms. The number of anilines is 1. The summed E-state index contributed by atoms with van der Waals surface area (Å²) in [4.78, 5) is 2.37. The van der Waals surface area contributed by atoms with E-state index in [0.717, 1.165) is 19.7 Å². The summed E-state index contributed by atoms with van der Waals surface area (Å²) in [5, 5.41) is 0. The fraction of sp³-hybridized carbons (Fsp3) is 0.571. The smallest absolute Gasteiger partial charge is 0.183 e. The summed E-state index contributed by atoms with van der Waals surface area (Å²) in [5.74, 6) is 0. The molecular formula is C14H25NOSi. The second-order valence-corrected chi connectivity index (χ2v) is 9.89. The summed E-state index contributed by atoms with van der Waals surface area (Å²) in [6.45, 7) is 13.9. The molecule has 0 fully saturated rings. The van der Waals surface area contributed by atoms with Crippen LogP contribution in [0.5, 0.6) is 0 Å². The van der Waals surface area contributed by atoms with Gasteiger partial charge in [0.05, 0.1) is 6.61 Å². The topological polar surface area (TPSA) is 12.5 Å². The van der Waals surface area contributed by atoms with Gasteiger partial charge < -0.3 is 9.33 Å². The van der Waals surface area contributed by atoms with Crippen molar-refractivity contribution in [3.63, 3.8) is 0 Å². The predicted octanol–water partition coefficient (Wildman–Crippen LogP) is 3.67. The molecule has 0 radical (unpaired) electrons. The van der Waals surface area contributed by atoms with Crippen LogP contribution in [0.1, 0.15) is 12.5 Å². The van der Waals surface area contributed by atoms with Crippen molar-refractivity contribution in [2.75, 3.05) is 24.6 Å². The van der Waals surface area contributed by atoms with Gasteiger partial charge in [0.15, 0.2) is 8.32 Å². The zero-order chi connectivity index (χ0) is 12.9. The fourth-order valence-electron chi connectivity index (χ4n) is 1.76. The van der Waals surface area contributed by atoms with E-state index in [1.165, 1.54) is 11.3 Å². The highest BCUT2D eigenvalue weighted by atomic mass is 28.4. The average molecular weight is 251 g/mol. The minimum Gasteiger partial charge on any atom is -0.416 e. The zero-order valence-corrected chi connectivity index (χ0v) is 12.8. The van der Waals surface area contributed by atoms with Gasteiger partial charge in [0.1, 0.15) is 0 Å². The van der Waals surface area contributed by atoms with E-state index in [1.54, 1.807) is 0 Å². The van der Waals surface area contributed by atoms with Crippen LogP contribution in [0.25, 0.3) is 0 Å². The molecule has 0 heterocycles. The lowest BCUT2D eigenvalue weighted by Gasteiger charge is -2.26. The van der Waals surface area contributed by atoms with Crippen LogP contribution in [-0.4, -0.2) is 28.0 Å². The van der Waals surface area contributed by atoms with Crippen molar-refractivity contribution in [3.8, 4) is 0 Å². The molecule has 0 saturated carbocycles. The van der Waals surface area contributed by atoms with Gasteiger partial charge in [0, 0.05) is 18.8 Å². The molecule has 0 N–H and O–H groups in total. The highest BCUT2D eigenvalue weighted by Crippen LogP contribution is 2.15. The summed E-state index contributed by atoms with van der Waals surface area (Å²) >= 11 is 0. The first kappa shape index (κ1) is 14.3. The van der Waals surface area contributed by atoms with Gasteiger partial charge in [-0.2, -0.15) is 0 Å². The summed E-state index contributed by atoms with van der Waals surface area (Å²) in [6, 6.07) is 8.66. The lowest BCUT2D eigenvalue weighted by Crippen LogP contribution is -2.33. The third-order valence-electron chi connectivity index (χ3n) is 2.64. The molecule has 2 nitrogen and oxygen atoms in total. The lowest BCUT2D eigenvalue weighted by molar-refractivity contribution is 0.318. The molecule has 0 aliphatic carbocycles. The van der Waals surface area contributed by atoms with Gasteiger partial charge in [-0.1, -0.05) is 12.1 Å². The molecule has 1 rings (SSSR count). The van der Waals surface area contributed by atoms with Gasteiger partial charge in [-0.05, 0) is 51.2 Å². The van der Waals surface area contributed by atoms with Gasteiger partial charge in [0.2, 0.25) is 0 Å². The third-order valence-corrected chi connectivity index (χ3v) is 3.71. The molecule has 0 bridgehead atoms. The monoisotopic (exact) mass is 251 g/mol. The Balaban J connectivity index is 2.54. The predicted molar refractivity (Wildman–Crippen MR) is 78.4 cm³/mol. The van der Waals surface area contributed by atoms with E-state index in [9.17, 15) is 0 Å². The first-order chi connectivity index (χ1) is 7.92. The first-order valence-electron chi connectivity index (χ1n) is 6.38. The lowest BCUT2D eigenvalue weighted by atomic mass is 10.2. The Bertz CT molecular complexity index is 346. The fourth-order valence-corrected chi connectivity index (χ4v) is 2.46. The number of hydrogen-bond acceptors (Lipinski definition) is 2. The van der Waals surface area contributed by atoms with E-state index >= 15 is 0 Å². The Morgan fingerprint density at radius 3 is 2.47 bits per heavy atom. The van der Waals surface area contributed by atoms with Crippen LogP contribution in [0.3, 0.4) is 0 Å². The van der Waals surface area contributed by atoms with E-state index in [-0.39, 0.29) is 0 Å². The van der Waals surface area contributed by atoms with Crippen molar-refractivity contribution in [3.05, 3.63) is 29.8 Å². The van der Waals surface area contributed by atoms with E-state index in [2.05, 4.69) is 62.7 Å². The number of hydrogen-bond donors (Lipinski definition) is 0. The molecule has 0 atom stereocenters. The van der Waals surface area contributed by atoms with Crippen molar-refractivity contribution < 1.29 is 4.43 Å². The van der Waals surface area contributed by atoms with Crippen molar-refractivity contribution in [2.45, 2.75) is 33.5 Å². The Morgan fingerprint density at radius 1 is 1.24 bits per heavy atom. The summed E-state index contributed by atoms with van der Waals surface area (Å²) in [6.07, 6.45) is 0. The Morgan fingerprint density at radius 2 is 1.94 bits per heavy atom. The minimum atomic E-state index is -1.38. The first-order valence-corrected chi connectivity index (χ1v) is 9.79. The Hall–Kier alpha value is -0.803. The quantitative estimate of drug-likeness (QED) is 0.715. The van der Waals surface area contributed by atoms with Crippen molar-refractivity contribution in [1.82, 2.24) is 0 Å². The number of rotatable bonds is 6. The van der Waals surface area contributed by atoms with Crippen LogP contribution >= 0.6 is 0 Å². The molecule has 96 valence electrons. The van der Waals surface area contributed by atoms with Crippen LogP contribution in [0.4, 0.5) is 5.69 Å². The van der Waals surface area contributed by atoms with Crippen LogP contribution in [0.15, 0.2) is 24.3 Å². The Kier molecular flexibility index (Phi) is 5.21. The van der Waals surface area contributed by atoms with Gasteiger partial charge in [-0.25, -0.2) is 0 Å². The Labute approximate surface area is 107 Å². The van der Waals surface area contributed by atoms with Gasteiger partial charge >= 0.3 is 0 Å². The highest BCUT2D eigenvalue weighted by Gasteiger charge is 2.14. The normalized spacial score (nSPS) is 11.6. The van der Waals surface area contributed by atoms with Crippen LogP contribution in [0, 0.1) is 6.92 Å². The molecular weight excluding hydrogens is 226 g/mol. The number of nitrogens with zero attached hydrogens (tertiary/aromatic N) is 1. The SMILES string of the molecule is CCN(CCO[Si](C)(C)C)c1cccc(C)c1. The number of benzene rings is 1. The summed E-state index contributed by atoms with van der Waals surface area (Å²) in [7, 11) is -1.38. The standard InChI is InChI=1S/C14H25NOSi/c1-6-15(10-11-16-17(3,4)5)14-9-7-8-13(2)12-14/h7-9,12H,6,10-11H2,1-5H3. The highest BCUT2D eigenvalue weighted by molar-refractivity contribution is 6.69. The molecule has 0 saturated heterocycles. The maximum atomic E-state index is 5.91. The molecule has 0 unspecified atom stereocenters. The van der Waals surface area contributed by atoms with Gasteiger partial charge in [-0.15, -0.1) is 0 Å². The van der Waals surface area contributed by atoms with E-state index < -0.39 is 8.32 Å². The summed E-state index contributed by atoms with van der Waals surface area (Å²) < 4.78 is 5.91. The zero-order valence-electron chi connectivity index (χ0n) is 11.8. The third kappa shape index (κ3) is 5.37. The van der Waals surface area contributed by atoms with E-state index in [1.807, 2.05) is 0 Å². The largest absolute Gasteiger partial charge is 0.416 e. The molecule has 0 aliphatic heterocycles.